The topological polar surface area (TPSA) is 111 Å². The summed E-state index contributed by atoms with van der Waals surface area (Å²) in [5.41, 5.74) is 1.84. The molecule has 3 heterocycles. The van der Waals surface area contributed by atoms with Gasteiger partial charge in [0.2, 0.25) is 5.85 Å². The number of methoxy groups -OCH3 is 1. The lowest BCUT2D eigenvalue weighted by atomic mass is 9.87. The SMILES string of the molecule is CCOC(=O)[C@H]1CC[C@H](OC(C(=O)Cc2cc(Cl)c(NC(=O)c3coc4ccccc34)cc2Cl)(N2CCCC2)N2CC(OC)C2)CC1. The minimum atomic E-state index is -1.31. The number of fused-ring (bicyclic) bond motifs is 1. The van der Waals surface area contributed by atoms with Crippen LogP contribution >= 0.6 is 23.2 Å². The predicted molar refractivity (Wildman–Crippen MR) is 179 cm³/mol. The van der Waals surface area contributed by atoms with Crippen molar-refractivity contribution in [3.63, 3.8) is 0 Å². The van der Waals surface area contributed by atoms with Crippen molar-refractivity contribution in [2.24, 2.45) is 5.92 Å². The number of nitrogens with zero attached hydrogens (tertiary/aromatic N) is 2. The summed E-state index contributed by atoms with van der Waals surface area (Å²) >= 11 is 13.5. The number of halogens is 2. The fourth-order valence-corrected chi connectivity index (χ4v) is 7.45. The smallest absolute Gasteiger partial charge is 0.308 e. The Bertz CT molecular complexity index is 1610. The van der Waals surface area contributed by atoms with Crippen LogP contribution in [0.3, 0.4) is 0 Å². The Morgan fingerprint density at radius 2 is 1.70 bits per heavy atom. The highest BCUT2D eigenvalue weighted by Gasteiger charge is 2.56. The Labute approximate surface area is 284 Å². The van der Waals surface area contributed by atoms with E-state index >= 15 is 0 Å². The van der Waals surface area contributed by atoms with Crippen molar-refractivity contribution in [3.8, 4) is 0 Å². The van der Waals surface area contributed by atoms with E-state index in [9.17, 15) is 14.4 Å². The zero-order valence-corrected chi connectivity index (χ0v) is 28.3. The highest BCUT2D eigenvalue weighted by molar-refractivity contribution is 6.36. The van der Waals surface area contributed by atoms with E-state index in [1.807, 2.05) is 25.1 Å². The average molecular weight is 687 g/mol. The van der Waals surface area contributed by atoms with Crippen LogP contribution in [0.15, 0.2) is 47.1 Å². The maximum Gasteiger partial charge on any atom is 0.308 e. The molecule has 3 fully saturated rings. The van der Waals surface area contributed by atoms with Crippen molar-refractivity contribution < 1.29 is 33.0 Å². The number of furan rings is 1. The summed E-state index contributed by atoms with van der Waals surface area (Å²) in [6.07, 6.45) is 5.71. The molecular weight excluding hydrogens is 645 g/mol. The quantitative estimate of drug-likeness (QED) is 0.219. The first-order valence-electron chi connectivity index (χ1n) is 16.4. The van der Waals surface area contributed by atoms with Crippen molar-refractivity contribution in [1.29, 1.82) is 0 Å². The molecular formula is C35H41Cl2N3O7. The number of hydrogen-bond acceptors (Lipinski definition) is 9. The van der Waals surface area contributed by atoms with Crippen LogP contribution in [0.1, 0.15) is 61.4 Å². The number of anilines is 1. The number of ketones is 1. The van der Waals surface area contributed by atoms with Gasteiger partial charge in [0.15, 0.2) is 5.78 Å². The molecule has 1 saturated carbocycles. The minimum absolute atomic E-state index is 0.00111. The summed E-state index contributed by atoms with van der Waals surface area (Å²) in [6, 6.07) is 10.5. The number of Topliss-reactive ketones (excluding diaryl/α,β-unsaturated/α-hetero) is 1. The Hall–Kier alpha value is -2.99. The Kier molecular flexibility index (Phi) is 10.6. The molecule has 1 aromatic heterocycles. The highest BCUT2D eigenvalue weighted by atomic mass is 35.5. The van der Waals surface area contributed by atoms with Crippen LogP contribution in [-0.4, -0.2) is 85.4 Å². The number of para-hydroxylation sites is 1. The number of nitrogens with one attached hydrogen (secondary N) is 1. The molecule has 0 radical (unpaired) electrons. The van der Waals surface area contributed by atoms with Gasteiger partial charge in [0.25, 0.3) is 5.91 Å². The van der Waals surface area contributed by atoms with Crippen molar-refractivity contribution in [3.05, 3.63) is 63.8 Å². The van der Waals surface area contributed by atoms with Crippen LogP contribution in [0.5, 0.6) is 0 Å². The van der Waals surface area contributed by atoms with E-state index in [0.29, 0.717) is 78.2 Å². The molecule has 0 spiro atoms. The van der Waals surface area contributed by atoms with Gasteiger partial charge < -0.3 is 23.9 Å². The molecule has 252 valence electrons. The molecule has 1 atom stereocenters. The van der Waals surface area contributed by atoms with E-state index in [4.69, 9.17) is 41.8 Å². The summed E-state index contributed by atoms with van der Waals surface area (Å²) in [4.78, 5) is 44.5. The largest absolute Gasteiger partial charge is 0.466 e. The van der Waals surface area contributed by atoms with E-state index in [1.54, 1.807) is 25.3 Å². The second kappa shape index (κ2) is 14.6. The lowest BCUT2D eigenvalue weighted by molar-refractivity contribution is -0.282. The van der Waals surface area contributed by atoms with Gasteiger partial charge in [0.1, 0.15) is 11.8 Å². The van der Waals surface area contributed by atoms with E-state index < -0.39 is 5.85 Å². The van der Waals surface area contributed by atoms with Gasteiger partial charge in [-0.1, -0.05) is 41.4 Å². The number of rotatable bonds is 12. The molecule has 12 heteroatoms. The van der Waals surface area contributed by atoms with Gasteiger partial charge >= 0.3 is 5.97 Å². The number of likely N-dealkylation sites (tertiary alicyclic amines) is 2. The molecule has 2 saturated heterocycles. The summed E-state index contributed by atoms with van der Waals surface area (Å²) in [5, 5.41) is 4.08. The molecule has 1 amide bonds. The van der Waals surface area contributed by atoms with Crippen LogP contribution in [0, 0.1) is 5.92 Å². The third-order valence-corrected chi connectivity index (χ3v) is 10.3. The first-order valence-corrected chi connectivity index (χ1v) is 17.1. The Balaban J connectivity index is 1.23. The molecule has 3 aromatic rings. The molecule has 0 bridgehead atoms. The van der Waals surface area contributed by atoms with E-state index in [1.165, 1.54) is 6.26 Å². The molecule has 2 aromatic carbocycles. The first-order chi connectivity index (χ1) is 22.7. The molecule has 1 N–H and O–H groups in total. The van der Waals surface area contributed by atoms with Crippen molar-refractivity contribution in [2.45, 2.75) is 69.9 Å². The summed E-state index contributed by atoms with van der Waals surface area (Å²) in [6.45, 7) is 4.73. The maximum absolute atomic E-state index is 14.7. The third kappa shape index (κ3) is 6.95. The van der Waals surface area contributed by atoms with Gasteiger partial charge in [-0.05, 0) is 69.2 Å². The predicted octanol–water partition coefficient (Wildman–Crippen LogP) is 6.32. The second-order valence-corrected chi connectivity index (χ2v) is 13.3. The highest BCUT2D eigenvalue weighted by Crippen LogP contribution is 2.39. The van der Waals surface area contributed by atoms with Crippen LogP contribution in [0.2, 0.25) is 10.0 Å². The maximum atomic E-state index is 14.7. The monoisotopic (exact) mass is 685 g/mol. The normalized spacial score (nSPS) is 22.1. The number of carbonyl (C=O) groups excluding carboxylic acids is 3. The van der Waals surface area contributed by atoms with Gasteiger partial charge in [-0.3, -0.25) is 24.2 Å². The van der Waals surface area contributed by atoms with Crippen molar-refractivity contribution in [1.82, 2.24) is 9.80 Å². The fraction of sp³-hybridized carbons (Fsp3) is 0.514. The van der Waals surface area contributed by atoms with Crippen LogP contribution < -0.4 is 5.32 Å². The summed E-state index contributed by atoms with van der Waals surface area (Å²) < 4.78 is 23.3. The Morgan fingerprint density at radius 1 is 0.979 bits per heavy atom. The van der Waals surface area contributed by atoms with E-state index in [0.717, 1.165) is 25.9 Å². The molecule has 10 nitrogen and oxygen atoms in total. The van der Waals surface area contributed by atoms with Crippen LogP contribution in [0.4, 0.5) is 5.69 Å². The van der Waals surface area contributed by atoms with Gasteiger partial charge in [0, 0.05) is 50.1 Å². The lowest BCUT2D eigenvalue weighted by Gasteiger charge is -2.55. The van der Waals surface area contributed by atoms with Gasteiger partial charge in [-0.25, -0.2) is 0 Å². The summed E-state index contributed by atoms with van der Waals surface area (Å²) in [7, 11) is 1.68. The first kappa shape index (κ1) is 33.9. The number of amides is 1. The molecule has 1 aliphatic carbocycles. The van der Waals surface area contributed by atoms with E-state index in [2.05, 4.69) is 15.1 Å². The number of benzene rings is 2. The van der Waals surface area contributed by atoms with Crippen molar-refractivity contribution >= 4 is 57.5 Å². The number of ether oxygens (including phenoxy) is 3. The minimum Gasteiger partial charge on any atom is -0.466 e. The van der Waals surface area contributed by atoms with Crippen LogP contribution in [0.25, 0.3) is 11.0 Å². The zero-order chi connectivity index (χ0) is 33.1. The van der Waals surface area contributed by atoms with Crippen molar-refractivity contribution in [2.75, 3.05) is 45.2 Å². The number of hydrogen-bond donors (Lipinski definition) is 1. The standard InChI is InChI=1S/C35H41Cl2N3O7/c1-3-45-34(43)22-10-12-24(13-11-22)47-35(39-14-6-7-15-39,40-19-25(20-40)44-2)32(41)17-23-16-29(37)30(18-28(23)36)38-33(42)27-21-46-31-9-5-4-8-26(27)31/h4-5,8-9,16,18,21-22,24-25H,3,6-7,10-15,17,19-20H2,1-2H3,(H,38,42)/t22-,24-,35?. The molecule has 47 heavy (non-hydrogen) atoms. The number of esters is 1. The summed E-state index contributed by atoms with van der Waals surface area (Å²) in [5.74, 6) is -2.15. The zero-order valence-electron chi connectivity index (χ0n) is 26.8. The van der Waals surface area contributed by atoms with E-state index in [-0.39, 0.29) is 47.2 Å². The molecule has 2 aliphatic heterocycles. The lowest BCUT2D eigenvalue weighted by Crippen LogP contribution is -2.74. The Morgan fingerprint density at radius 3 is 2.40 bits per heavy atom. The number of carbonyl (C=O) groups is 3. The van der Waals surface area contributed by atoms with Gasteiger partial charge in [0.05, 0.1) is 41.0 Å². The second-order valence-electron chi connectivity index (χ2n) is 12.5. The van der Waals surface area contributed by atoms with Gasteiger partial charge in [-0.15, -0.1) is 0 Å². The average Bonchev–Trinajstić information content (AvgIpc) is 3.74. The molecule has 1 unspecified atom stereocenters. The molecule has 3 aliphatic rings. The van der Waals surface area contributed by atoms with Crippen LogP contribution in [-0.2, 0) is 30.2 Å². The molecule has 6 rings (SSSR count). The fourth-order valence-electron chi connectivity index (χ4n) is 6.98. The van der Waals surface area contributed by atoms with Gasteiger partial charge in [-0.2, -0.15) is 0 Å². The third-order valence-electron chi connectivity index (χ3n) is 9.59.